The molecule has 0 saturated carbocycles. The molecule has 0 fully saturated rings. The van der Waals surface area contributed by atoms with E-state index in [0.29, 0.717) is 5.92 Å². The van der Waals surface area contributed by atoms with Gasteiger partial charge in [0.1, 0.15) is 0 Å². The van der Waals surface area contributed by atoms with Crippen molar-refractivity contribution in [3.8, 4) is 0 Å². The van der Waals surface area contributed by atoms with Gasteiger partial charge < -0.3 is 0 Å². The van der Waals surface area contributed by atoms with Crippen LogP contribution in [-0.4, -0.2) is 15.2 Å². The minimum Gasteiger partial charge on any atom is -0.271 e. The van der Waals surface area contributed by atoms with Crippen LogP contribution in [0.5, 0.6) is 0 Å². The van der Waals surface area contributed by atoms with Crippen molar-refractivity contribution in [3.05, 3.63) is 16.4 Å². The summed E-state index contributed by atoms with van der Waals surface area (Å²) in [7, 11) is 1.94. The Labute approximate surface area is 108 Å². The van der Waals surface area contributed by atoms with Crippen molar-refractivity contribution in [3.63, 3.8) is 0 Å². The van der Waals surface area contributed by atoms with Gasteiger partial charge in [-0.3, -0.25) is 4.68 Å². The van der Waals surface area contributed by atoms with Crippen LogP contribution < -0.4 is 0 Å². The highest BCUT2D eigenvalue weighted by Gasteiger charge is 2.13. The number of hydrogen-bond acceptors (Lipinski definition) is 1. The summed E-state index contributed by atoms with van der Waals surface area (Å²) in [5.74, 6) is 0.533. The van der Waals surface area contributed by atoms with Crippen molar-refractivity contribution in [1.82, 2.24) is 9.78 Å². The molecule has 0 radical (unpaired) electrons. The van der Waals surface area contributed by atoms with Crippen LogP contribution in [0.15, 0.2) is 0 Å². The molecule has 1 unspecified atom stereocenters. The topological polar surface area (TPSA) is 17.8 Å². The molecule has 0 aliphatic carbocycles. The second kappa shape index (κ2) is 5.92. The summed E-state index contributed by atoms with van der Waals surface area (Å²) in [6.07, 6.45) is 3.04. The minimum absolute atomic E-state index is 0.257. The highest BCUT2D eigenvalue weighted by molar-refractivity contribution is 6.31. The zero-order valence-electron chi connectivity index (χ0n) is 10.4. The van der Waals surface area contributed by atoms with Gasteiger partial charge >= 0.3 is 0 Å². The van der Waals surface area contributed by atoms with E-state index in [1.54, 1.807) is 0 Å². The van der Waals surface area contributed by atoms with Crippen LogP contribution in [0, 0.1) is 12.8 Å². The number of halogens is 2. The Morgan fingerprint density at radius 1 is 1.38 bits per heavy atom. The zero-order chi connectivity index (χ0) is 12.3. The molecule has 16 heavy (non-hydrogen) atoms. The lowest BCUT2D eigenvalue weighted by molar-refractivity contribution is 0.540. The van der Waals surface area contributed by atoms with Gasteiger partial charge in [0.05, 0.1) is 16.4 Å². The lowest BCUT2D eigenvalue weighted by atomic mass is 10.0. The van der Waals surface area contributed by atoms with E-state index in [1.165, 1.54) is 0 Å². The maximum atomic E-state index is 6.21. The molecule has 0 aliphatic rings. The van der Waals surface area contributed by atoms with Gasteiger partial charge in [0.2, 0.25) is 0 Å². The van der Waals surface area contributed by atoms with Gasteiger partial charge in [-0.25, -0.2) is 0 Å². The van der Waals surface area contributed by atoms with Crippen LogP contribution in [0.2, 0.25) is 5.02 Å². The molecule has 92 valence electrons. The van der Waals surface area contributed by atoms with Crippen molar-refractivity contribution in [2.24, 2.45) is 13.0 Å². The van der Waals surface area contributed by atoms with E-state index in [-0.39, 0.29) is 5.38 Å². The number of alkyl halides is 1. The monoisotopic (exact) mass is 262 g/mol. The SMILES string of the molecule is Cc1nn(C)c(CCCC(Cl)C(C)C)c1Cl. The number of hydrogen-bond donors (Lipinski definition) is 0. The van der Waals surface area contributed by atoms with Crippen LogP contribution in [0.3, 0.4) is 0 Å². The van der Waals surface area contributed by atoms with E-state index >= 15 is 0 Å². The highest BCUT2D eigenvalue weighted by atomic mass is 35.5. The fourth-order valence-electron chi connectivity index (χ4n) is 1.75. The molecular formula is C12H20Cl2N2. The summed E-state index contributed by atoms with van der Waals surface area (Å²) < 4.78 is 1.87. The quantitative estimate of drug-likeness (QED) is 0.735. The largest absolute Gasteiger partial charge is 0.271 e. The van der Waals surface area contributed by atoms with Crippen molar-refractivity contribution in [2.75, 3.05) is 0 Å². The molecule has 1 aromatic heterocycles. The average Bonchev–Trinajstić information content (AvgIpc) is 2.44. The van der Waals surface area contributed by atoms with Crippen molar-refractivity contribution in [2.45, 2.75) is 45.4 Å². The molecule has 0 spiro atoms. The lowest BCUT2D eigenvalue weighted by Gasteiger charge is -2.12. The minimum atomic E-state index is 0.257. The summed E-state index contributed by atoms with van der Waals surface area (Å²) in [6.45, 7) is 6.24. The Morgan fingerprint density at radius 3 is 2.44 bits per heavy atom. The molecule has 0 aliphatic heterocycles. The van der Waals surface area contributed by atoms with Gasteiger partial charge in [0.15, 0.2) is 0 Å². The van der Waals surface area contributed by atoms with E-state index < -0.39 is 0 Å². The molecule has 0 aromatic carbocycles. The van der Waals surface area contributed by atoms with Crippen LogP contribution >= 0.6 is 23.2 Å². The smallest absolute Gasteiger partial charge is 0.0846 e. The molecule has 0 saturated heterocycles. The molecule has 4 heteroatoms. The first-order valence-electron chi connectivity index (χ1n) is 5.75. The summed E-state index contributed by atoms with van der Waals surface area (Å²) in [6, 6.07) is 0. The van der Waals surface area contributed by atoms with Crippen molar-refractivity contribution < 1.29 is 0 Å². The average molecular weight is 263 g/mol. The summed E-state index contributed by atoms with van der Waals surface area (Å²) in [4.78, 5) is 0. The van der Waals surface area contributed by atoms with E-state index in [9.17, 15) is 0 Å². The Balaban J connectivity index is 2.49. The molecule has 0 bridgehead atoms. The van der Waals surface area contributed by atoms with Gasteiger partial charge in [0, 0.05) is 12.4 Å². The predicted octanol–water partition coefficient (Wildman–Crippen LogP) is 3.97. The predicted molar refractivity (Wildman–Crippen MR) is 70.4 cm³/mol. The maximum absolute atomic E-state index is 6.21. The van der Waals surface area contributed by atoms with E-state index in [2.05, 4.69) is 18.9 Å². The van der Waals surface area contributed by atoms with Crippen LogP contribution in [0.25, 0.3) is 0 Å². The summed E-state index contributed by atoms with van der Waals surface area (Å²) >= 11 is 12.4. The number of aromatic nitrogens is 2. The Hall–Kier alpha value is -0.210. The molecule has 0 amide bonds. The summed E-state index contributed by atoms with van der Waals surface area (Å²) in [5, 5.41) is 5.36. The van der Waals surface area contributed by atoms with E-state index in [1.807, 2.05) is 18.7 Å². The van der Waals surface area contributed by atoms with Crippen molar-refractivity contribution >= 4 is 23.2 Å². The van der Waals surface area contributed by atoms with Crippen LogP contribution in [-0.2, 0) is 13.5 Å². The Kier molecular flexibility index (Phi) is 5.13. The fraction of sp³-hybridized carbons (Fsp3) is 0.750. The highest BCUT2D eigenvalue weighted by Crippen LogP contribution is 2.23. The van der Waals surface area contributed by atoms with Crippen LogP contribution in [0.1, 0.15) is 38.1 Å². The number of rotatable bonds is 5. The van der Waals surface area contributed by atoms with Crippen molar-refractivity contribution in [1.29, 1.82) is 0 Å². The van der Waals surface area contributed by atoms with Gasteiger partial charge in [-0.05, 0) is 32.1 Å². The van der Waals surface area contributed by atoms with Gasteiger partial charge in [-0.1, -0.05) is 25.4 Å². The molecule has 1 atom stereocenters. The number of nitrogens with zero attached hydrogens (tertiary/aromatic N) is 2. The first kappa shape index (κ1) is 13.9. The Bertz CT molecular complexity index is 345. The van der Waals surface area contributed by atoms with E-state index in [4.69, 9.17) is 23.2 Å². The molecule has 1 heterocycles. The molecule has 0 N–H and O–H groups in total. The molecule has 2 nitrogen and oxygen atoms in total. The second-order valence-electron chi connectivity index (χ2n) is 4.62. The molecule has 1 rings (SSSR count). The summed E-state index contributed by atoms with van der Waals surface area (Å²) in [5.41, 5.74) is 2.03. The Morgan fingerprint density at radius 2 is 2.00 bits per heavy atom. The molecular weight excluding hydrogens is 243 g/mol. The molecule has 1 aromatic rings. The van der Waals surface area contributed by atoms with E-state index in [0.717, 1.165) is 35.7 Å². The standard InChI is InChI=1S/C12H20Cl2N2/c1-8(2)10(13)6-5-7-11-12(14)9(3)15-16(11)4/h8,10H,5-7H2,1-4H3. The van der Waals surface area contributed by atoms with Gasteiger partial charge in [-0.15, -0.1) is 11.6 Å². The zero-order valence-corrected chi connectivity index (χ0v) is 11.9. The third-order valence-electron chi connectivity index (χ3n) is 2.88. The third kappa shape index (κ3) is 3.39. The second-order valence-corrected chi connectivity index (χ2v) is 5.56. The van der Waals surface area contributed by atoms with Gasteiger partial charge in [0.25, 0.3) is 0 Å². The lowest BCUT2D eigenvalue weighted by Crippen LogP contribution is -2.08. The number of aryl methyl sites for hydroxylation is 2. The fourth-order valence-corrected chi connectivity index (χ4v) is 2.16. The first-order chi connectivity index (χ1) is 7.43. The first-order valence-corrected chi connectivity index (χ1v) is 6.57. The normalized spacial score (nSPS) is 13.4. The maximum Gasteiger partial charge on any atom is 0.0846 e. The van der Waals surface area contributed by atoms with Gasteiger partial charge in [-0.2, -0.15) is 5.10 Å². The van der Waals surface area contributed by atoms with Crippen LogP contribution in [0.4, 0.5) is 0 Å². The third-order valence-corrected chi connectivity index (χ3v) is 4.09.